The maximum atomic E-state index is 12.4. The first kappa shape index (κ1) is 20.6. The van der Waals surface area contributed by atoms with Crippen LogP contribution in [0.25, 0.3) is 0 Å². The molecule has 3 rings (SSSR count). The number of methoxy groups -OCH3 is 1. The van der Waals surface area contributed by atoms with Crippen LogP contribution in [0, 0.1) is 0 Å². The van der Waals surface area contributed by atoms with E-state index >= 15 is 0 Å². The molecule has 0 aliphatic carbocycles. The van der Waals surface area contributed by atoms with E-state index in [0.717, 1.165) is 5.56 Å². The molecule has 0 saturated carbocycles. The molecule has 3 aromatic carbocycles. The molecule has 150 valence electrons. The van der Waals surface area contributed by atoms with Crippen molar-refractivity contribution in [2.24, 2.45) is 0 Å². The van der Waals surface area contributed by atoms with Crippen LogP contribution in [0.15, 0.2) is 83.8 Å². The number of amides is 1. The summed E-state index contributed by atoms with van der Waals surface area (Å²) < 4.78 is 32.6. The molecule has 0 aliphatic heterocycles. The molecule has 29 heavy (non-hydrogen) atoms. The third-order valence-electron chi connectivity index (χ3n) is 4.30. The number of sulfonamides is 1. The van der Waals surface area contributed by atoms with E-state index in [0.29, 0.717) is 30.0 Å². The standard InChI is InChI=1S/C22H22N2O4S/c1-28-20-9-5-8-18(16-20)22(25)24-19-10-12-21(13-11-19)29(26,27)23-15-14-17-6-3-2-4-7-17/h2-13,16,23H,14-15H2,1H3,(H,24,25). The predicted molar refractivity (Wildman–Crippen MR) is 113 cm³/mol. The van der Waals surface area contributed by atoms with Gasteiger partial charge in [-0.3, -0.25) is 4.79 Å². The molecule has 0 bridgehead atoms. The zero-order valence-electron chi connectivity index (χ0n) is 16.0. The lowest BCUT2D eigenvalue weighted by atomic mass is 10.2. The Morgan fingerprint density at radius 3 is 2.34 bits per heavy atom. The van der Waals surface area contributed by atoms with Gasteiger partial charge in [0, 0.05) is 17.8 Å². The normalized spacial score (nSPS) is 11.1. The van der Waals surface area contributed by atoms with E-state index in [1.54, 1.807) is 36.4 Å². The SMILES string of the molecule is COc1cccc(C(=O)Nc2ccc(S(=O)(=O)NCCc3ccccc3)cc2)c1. The van der Waals surface area contributed by atoms with E-state index in [4.69, 9.17) is 4.74 Å². The highest BCUT2D eigenvalue weighted by atomic mass is 32.2. The van der Waals surface area contributed by atoms with E-state index in [1.807, 2.05) is 30.3 Å². The Bertz CT molecular complexity index is 1070. The summed E-state index contributed by atoms with van der Waals surface area (Å²) in [5.74, 6) is 0.279. The summed E-state index contributed by atoms with van der Waals surface area (Å²) in [4.78, 5) is 12.5. The monoisotopic (exact) mass is 410 g/mol. The minimum Gasteiger partial charge on any atom is -0.497 e. The highest BCUT2D eigenvalue weighted by Gasteiger charge is 2.14. The van der Waals surface area contributed by atoms with E-state index in [2.05, 4.69) is 10.0 Å². The number of anilines is 1. The largest absolute Gasteiger partial charge is 0.497 e. The Morgan fingerprint density at radius 2 is 1.66 bits per heavy atom. The molecule has 0 atom stereocenters. The van der Waals surface area contributed by atoms with Gasteiger partial charge >= 0.3 is 0 Å². The Kier molecular flexibility index (Phi) is 6.64. The van der Waals surface area contributed by atoms with Crippen LogP contribution in [0.5, 0.6) is 5.75 Å². The topological polar surface area (TPSA) is 84.5 Å². The zero-order chi connectivity index (χ0) is 20.7. The maximum Gasteiger partial charge on any atom is 0.255 e. The molecule has 0 heterocycles. The van der Waals surface area contributed by atoms with Crippen molar-refractivity contribution in [3.05, 3.63) is 90.0 Å². The van der Waals surface area contributed by atoms with Crippen molar-refractivity contribution in [1.82, 2.24) is 4.72 Å². The van der Waals surface area contributed by atoms with Gasteiger partial charge in [0.15, 0.2) is 0 Å². The smallest absolute Gasteiger partial charge is 0.255 e. The molecule has 0 unspecified atom stereocenters. The first-order valence-corrected chi connectivity index (χ1v) is 10.6. The van der Waals surface area contributed by atoms with Crippen LogP contribution >= 0.6 is 0 Å². The minimum atomic E-state index is -3.62. The van der Waals surface area contributed by atoms with Crippen molar-refractivity contribution in [3.8, 4) is 5.75 Å². The number of ether oxygens (including phenoxy) is 1. The molecular weight excluding hydrogens is 388 g/mol. The molecule has 6 nitrogen and oxygen atoms in total. The quantitative estimate of drug-likeness (QED) is 0.596. The Labute approximate surface area is 170 Å². The summed E-state index contributed by atoms with van der Waals surface area (Å²) in [7, 11) is -2.08. The fourth-order valence-corrected chi connectivity index (χ4v) is 3.77. The third-order valence-corrected chi connectivity index (χ3v) is 5.78. The van der Waals surface area contributed by atoms with E-state index in [1.165, 1.54) is 19.2 Å². The third kappa shape index (κ3) is 5.66. The van der Waals surface area contributed by atoms with Gasteiger partial charge in [0.1, 0.15) is 5.75 Å². The van der Waals surface area contributed by atoms with Crippen LogP contribution in [0.2, 0.25) is 0 Å². The van der Waals surface area contributed by atoms with Gasteiger partial charge in [-0.25, -0.2) is 13.1 Å². The van der Waals surface area contributed by atoms with Crippen LogP contribution in [0.1, 0.15) is 15.9 Å². The van der Waals surface area contributed by atoms with Gasteiger partial charge in [0.2, 0.25) is 10.0 Å². The van der Waals surface area contributed by atoms with Gasteiger partial charge in [0.05, 0.1) is 12.0 Å². The molecule has 0 fully saturated rings. The van der Waals surface area contributed by atoms with Crippen molar-refractivity contribution in [2.45, 2.75) is 11.3 Å². The number of carbonyl (C=O) groups is 1. The summed E-state index contributed by atoms with van der Waals surface area (Å²) >= 11 is 0. The van der Waals surface area contributed by atoms with Crippen LogP contribution < -0.4 is 14.8 Å². The lowest BCUT2D eigenvalue weighted by Gasteiger charge is -2.09. The number of nitrogens with one attached hydrogen (secondary N) is 2. The highest BCUT2D eigenvalue weighted by molar-refractivity contribution is 7.89. The summed E-state index contributed by atoms with van der Waals surface area (Å²) in [6, 6.07) is 22.5. The van der Waals surface area contributed by atoms with Gasteiger partial charge in [-0.1, -0.05) is 36.4 Å². The molecule has 0 aromatic heterocycles. The molecule has 7 heteroatoms. The van der Waals surface area contributed by atoms with Crippen LogP contribution in [-0.2, 0) is 16.4 Å². The lowest BCUT2D eigenvalue weighted by Crippen LogP contribution is -2.26. The Morgan fingerprint density at radius 1 is 0.931 bits per heavy atom. The van der Waals surface area contributed by atoms with E-state index in [9.17, 15) is 13.2 Å². The van der Waals surface area contributed by atoms with Crippen molar-refractivity contribution >= 4 is 21.6 Å². The van der Waals surface area contributed by atoms with Crippen molar-refractivity contribution in [2.75, 3.05) is 19.0 Å². The van der Waals surface area contributed by atoms with Gasteiger partial charge in [-0.15, -0.1) is 0 Å². The molecule has 2 N–H and O–H groups in total. The van der Waals surface area contributed by atoms with Gasteiger partial charge < -0.3 is 10.1 Å². The van der Waals surface area contributed by atoms with Crippen LogP contribution in [-0.4, -0.2) is 28.0 Å². The first-order chi connectivity index (χ1) is 14.0. The molecule has 1 amide bonds. The summed E-state index contributed by atoms with van der Waals surface area (Å²) in [6.07, 6.45) is 0.606. The van der Waals surface area contributed by atoms with Crippen LogP contribution in [0.4, 0.5) is 5.69 Å². The highest BCUT2D eigenvalue weighted by Crippen LogP contribution is 2.17. The zero-order valence-corrected chi connectivity index (χ0v) is 16.8. The first-order valence-electron chi connectivity index (χ1n) is 9.07. The number of carbonyl (C=O) groups excluding carboxylic acids is 1. The molecule has 0 radical (unpaired) electrons. The average Bonchev–Trinajstić information content (AvgIpc) is 2.75. The van der Waals surface area contributed by atoms with Gasteiger partial charge in [0.25, 0.3) is 5.91 Å². The summed E-state index contributed by atoms with van der Waals surface area (Å²) in [6.45, 7) is 0.306. The molecule has 3 aromatic rings. The van der Waals surface area contributed by atoms with E-state index < -0.39 is 10.0 Å². The summed E-state index contributed by atoms with van der Waals surface area (Å²) in [5, 5.41) is 2.74. The fraction of sp³-hybridized carbons (Fsp3) is 0.136. The van der Waals surface area contributed by atoms with Crippen molar-refractivity contribution in [3.63, 3.8) is 0 Å². The second kappa shape index (κ2) is 9.36. The van der Waals surface area contributed by atoms with Crippen molar-refractivity contribution < 1.29 is 17.9 Å². The lowest BCUT2D eigenvalue weighted by molar-refractivity contribution is 0.102. The van der Waals surface area contributed by atoms with Crippen molar-refractivity contribution in [1.29, 1.82) is 0 Å². The Hall–Kier alpha value is -3.16. The predicted octanol–water partition coefficient (Wildman–Crippen LogP) is 3.47. The van der Waals surface area contributed by atoms with Gasteiger partial charge in [-0.2, -0.15) is 0 Å². The number of rotatable bonds is 8. The molecule has 0 aliphatic rings. The average molecular weight is 410 g/mol. The van der Waals surface area contributed by atoms with Crippen LogP contribution in [0.3, 0.4) is 0 Å². The second-order valence-corrected chi connectivity index (χ2v) is 8.11. The number of hydrogen-bond donors (Lipinski definition) is 2. The van der Waals surface area contributed by atoms with E-state index in [-0.39, 0.29) is 10.8 Å². The number of benzene rings is 3. The Balaban J connectivity index is 1.60. The molecule has 0 saturated heterocycles. The number of hydrogen-bond acceptors (Lipinski definition) is 4. The summed E-state index contributed by atoms with van der Waals surface area (Å²) in [5.41, 5.74) is 2.01. The molecule has 0 spiro atoms. The minimum absolute atomic E-state index is 0.143. The van der Waals surface area contributed by atoms with Gasteiger partial charge in [-0.05, 0) is 54.4 Å². The maximum absolute atomic E-state index is 12.4. The molecular formula is C22H22N2O4S. The second-order valence-electron chi connectivity index (χ2n) is 6.34. The fourth-order valence-electron chi connectivity index (χ4n) is 2.74.